The molecule has 104 valence electrons. The molecule has 0 unspecified atom stereocenters. The van der Waals surface area contributed by atoms with Gasteiger partial charge in [-0.15, -0.1) is 0 Å². The third-order valence-corrected chi connectivity index (χ3v) is 3.90. The third kappa shape index (κ3) is 3.46. The Morgan fingerprint density at radius 3 is 2.32 bits per heavy atom. The number of nitrogens with zero attached hydrogens (tertiary/aromatic N) is 3. The number of piperazine rings is 1. The summed E-state index contributed by atoms with van der Waals surface area (Å²) in [6.07, 6.45) is 0. The minimum Gasteiger partial charge on any atom is -0.339 e. The number of thioether (sulfide) groups is 1. The Balaban J connectivity index is 1.83. The second-order valence-electron chi connectivity index (χ2n) is 4.29. The van der Waals surface area contributed by atoms with Gasteiger partial charge in [0, 0.05) is 38.9 Å². The van der Waals surface area contributed by atoms with Gasteiger partial charge in [-0.2, -0.15) is 0 Å². The van der Waals surface area contributed by atoms with Crippen molar-refractivity contribution >= 4 is 34.7 Å². The molecule has 8 heteroatoms. The number of carbonyl (C=O) groups is 3. The fraction of sp³-hybridized carbons (Fsp3) is 0.636. The highest BCUT2D eigenvalue weighted by atomic mass is 32.2. The molecular formula is C11H16N4O3S. The van der Waals surface area contributed by atoms with E-state index in [2.05, 4.69) is 10.3 Å². The van der Waals surface area contributed by atoms with Crippen molar-refractivity contribution in [2.75, 3.05) is 38.5 Å². The fourth-order valence-corrected chi connectivity index (χ4v) is 2.65. The molecule has 0 spiro atoms. The number of nitrogens with one attached hydrogen (secondary N) is 1. The molecule has 2 aliphatic heterocycles. The lowest BCUT2D eigenvalue weighted by atomic mass is 10.3. The minimum absolute atomic E-state index is 0.00624. The second kappa shape index (κ2) is 6.05. The average Bonchev–Trinajstić information content (AvgIpc) is 2.90. The van der Waals surface area contributed by atoms with E-state index in [0.717, 1.165) is 5.75 Å². The van der Waals surface area contributed by atoms with Gasteiger partial charge in [0.2, 0.25) is 5.91 Å². The summed E-state index contributed by atoms with van der Waals surface area (Å²) in [5.74, 6) is -0.378. The van der Waals surface area contributed by atoms with Crippen molar-refractivity contribution in [3.05, 3.63) is 0 Å². The molecule has 0 aromatic carbocycles. The molecule has 0 bridgehead atoms. The van der Waals surface area contributed by atoms with Crippen LogP contribution in [0.4, 0.5) is 0 Å². The maximum Gasteiger partial charge on any atom is 0.315 e. The van der Waals surface area contributed by atoms with Crippen LogP contribution in [0.2, 0.25) is 0 Å². The van der Waals surface area contributed by atoms with E-state index in [9.17, 15) is 14.4 Å². The van der Waals surface area contributed by atoms with Crippen LogP contribution >= 0.6 is 11.8 Å². The summed E-state index contributed by atoms with van der Waals surface area (Å²) in [6, 6.07) is 0. The van der Waals surface area contributed by atoms with E-state index in [1.807, 2.05) is 0 Å². The van der Waals surface area contributed by atoms with Crippen LogP contribution in [0, 0.1) is 0 Å². The predicted octanol–water partition coefficient (Wildman–Crippen LogP) is -1.10. The van der Waals surface area contributed by atoms with Crippen LogP contribution in [0.5, 0.6) is 0 Å². The predicted molar refractivity (Wildman–Crippen MR) is 71.7 cm³/mol. The largest absolute Gasteiger partial charge is 0.339 e. The second-order valence-corrected chi connectivity index (χ2v) is 5.37. The van der Waals surface area contributed by atoms with Gasteiger partial charge in [-0.1, -0.05) is 11.8 Å². The molecule has 0 aliphatic carbocycles. The highest BCUT2D eigenvalue weighted by Gasteiger charge is 2.27. The van der Waals surface area contributed by atoms with E-state index < -0.39 is 11.8 Å². The first kappa shape index (κ1) is 13.9. The maximum absolute atomic E-state index is 11.9. The van der Waals surface area contributed by atoms with E-state index in [0.29, 0.717) is 37.9 Å². The van der Waals surface area contributed by atoms with E-state index >= 15 is 0 Å². The molecule has 0 radical (unpaired) electrons. The third-order valence-electron chi connectivity index (χ3n) is 3.01. The van der Waals surface area contributed by atoms with Crippen LogP contribution in [0.15, 0.2) is 4.99 Å². The fourth-order valence-electron chi connectivity index (χ4n) is 1.93. The van der Waals surface area contributed by atoms with Crippen LogP contribution in [0.3, 0.4) is 0 Å². The number of amides is 3. The molecule has 3 amide bonds. The average molecular weight is 284 g/mol. The molecule has 1 saturated heterocycles. The maximum atomic E-state index is 11.9. The number of amidine groups is 1. The van der Waals surface area contributed by atoms with Crippen molar-refractivity contribution in [2.45, 2.75) is 6.92 Å². The zero-order valence-corrected chi connectivity index (χ0v) is 11.5. The molecule has 2 rings (SSSR count). The van der Waals surface area contributed by atoms with Crippen LogP contribution in [-0.4, -0.2) is 71.2 Å². The van der Waals surface area contributed by atoms with Crippen molar-refractivity contribution < 1.29 is 14.4 Å². The molecule has 19 heavy (non-hydrogen) atoms. The molecule has 0 aromatic rings. The summed E-state index contributed by atoms with van der Waals surface area (Å²) in [7, 11) is 0. The number of hydrogen-bond donors (Lipinski definition) is 1. The Hall–Kier alpha value is -1.57. The Morgan fingerprint density at radius 2 is 1.79 bits per heavy atom. The Labute approximate surface area is 115 Å². The Morgan fingerprint density at radius 1 is 1.16 bits per heavy atom. The SMILES string of the molecule is CC(=O)N1CCN(C(=O)C(=O)NC2=NCCS2)CC1. The summed E-state index contributed by atoms with van der Waals surface area (Å²) < 4.78 is 0. The standard InChI is InChI=1S/C11H16N4O3S/c1-8(16)14-3-5-15(6-4-14)10(18)9(17)13-11-12-2-7-19-11/h2-7H2,1H3,(H,12,13,17). The molecule has 0 saturated carbocycles. The van der Waals surface area contributed by atoms with Gasteiger partial charge in [0.15, 0.2) is 5.17 Å². The molecule has 2 heterocycles. The highest BCUT2D eigenvalue weighted by Crippen LogP contribution is 2.09. The summed E-state index contributed by atoms with van der Waals surface area (Å²) in [5.41, 5.74) is 0. The van der Waals surface area contributed by atoms with Crippen LogP contribution < -0.4 is 5.32 Å². The number of rotatable bonds is 0. The lowest BCUT2D eigenvalue weighted by Gasteiger charge is -2.33. The van der Waals surface area contributed by atoms with Crippen molar-refractivity contribution in [3.8, 4) is 0 Å². The Kier molecular flexibility index (Phi) is 4.41. The smallest absolute Gasteiger partial charge is 0.315 e. The van der Waals surface area contributed by atoms with Gasteiger partial charge in [0.05, 0.1) is 6.54 Å². The van der Waals surface area contributed by atoms with Gasteiger partial charge in [-0.25, -0.2) is 0 Å². The monoisotopic (exact) mass is 284 g/mol. The lowest BCUT2D eigenvalue weighted by Crippen LogP contribution is -2.53. The van der Waals surface area contributed by atoms with Gasteiger partial charge in [-0.3, -0.25) is 24.7 Å². The normalized spacial score (nSPS) is 19.1. The van der Waals surface area contributed by atoms with Gasteiger partial charge >= 0.3 is 11.8 Å². The van der Waals surface area contributed by atoms with Gasteiger partial charge < -0.3 is 9.80 Å². The van der Waals surface area contributed by atoms with E-state index in [1.54, 1.807) is 4.90 Å². The summed E-state index contributed by atoms with van der Waals surface area (Å²) in [4.78, 5) is 42.0. The Bertz CT molecular complexity index is 430. The van der Waals surface area contributed by atoms with Gasteiger partial charge in [0.25, 0.3) is 0 Å². The van der Waals surface area contributed by atoms with Crippen molar-refractivity contribution in [2.24, 2.45) is 4.99 Å². The van der Waals surface area contributed by atoms with Crippen molar-refractivity contribution in [1.29, 1.82) is 0 Å². The van der Waals surface area contributed by atoms with Crippen molar-refractivity contribution in [3.63, 3.8) is 0 Å². The molecule has 2 aliphatic rings. The van der Waals surface area contributed by atoms with E-state index in [-0.39, 0.29) is 5.91 Å². The number of hydrogen-bond acceptors (Lipinski definition) is 5. The number of aliphatic imine (C=N–C) groups is 1. The van der Waals surface area contributed by atoms with Crippen LogP contribution in [0.1, 0.15) is 6.92 Å². The molecule has 0 aromatic heterocycles. The first-order chi connectivity index (χ1) is 9.08. The highest BCUT2D eigenvalue weighted by molar-refractivity contribution is 8.14. The quantitative estimate of drug-likeness (QED) is 0.572. The first-order valence-electron chi connectivity index (χ1n) is 6.11. The summed E-state index contributed by atoms with van der Waals surface area (Å²) in [5, 5.41) is 3.03. The number of carbonyl (C=O) groups excluding carboxylic acids is 3. The minimum atomic E-state index is -0.649. The molecule has 1 N–H and O–H groups in total. The molecule has 0 atom stereocenters. The zero-order valence-electron chi connectivity index (χ0n) is 10.7. The van der Waals surface area contributed by atoms with E-state index in [1.165, 1.54) is 23.6 Å². The van der Waals surface area contributed by atoms with Crippen LogP contribution in [-0.2, 0) is 14.4 Å². The first-order valence-corrected chi connectivity index (χ1v) is 7.09. The topological polar surface area (TPSA) is 82.1 Å². The molecule has 1 fully saturated rings. The summed E-state index contributed by atoms with van der Waals surface area (Å²) >= 11 is 1.43. The summed E-state index contributed by atoms with van der Waals surface area (Å²) in [6.45, 7) is 3.91. The van der Waals surface area contributed by atoms with Crippen molar-refractivity contribution in [1.82, 2.24) is 15.1 Å². The zero-order chi connectivity index (χ0) is 13.8. The van der Waals surface area contributed by atoms with E-state index in [4.69, 9.17) is 0 Å². The van der Waals surface area contributed by atoms with Gasteiger partial charge in [0.1, 0.15) is 0 Å². The van der Waals surface area contributed by atoms with Gasteiger partial charge in [-0.05, 0) is 0 Å². The molecular weight excluding hydrogens is 268 g/mol. The molecule has 7 nitrogen and oxygen atoms in total. The van der Waals surface area contributed by atoms with Crippen LogP contribution in [0.25, 0.3) is 0 Å². The lowest BCUT2D eigenvalue weighted by molar-refractivity contribution is -0.147.